The third-order valence-corrected chi connectivity index (χ3v) is 4.59. The fourth-order valence-corrected chi connectivity index (χ4v) is 2.84. The highest BCUT2D eigenvalue weighted by molar-refractivity contribution is 7.90. The minimum absolute atomic E-state index is 0.0260. The summed E-state index contributed by atoms with van der Waals surface area (Å²) in [6.45, 7) is -1.17. The maximum Gasteiger partial charge on any atom is 0.387 e. The number of rotatable bonds is 6. The Morgan fingerprint density at radius 3 is 2.32 bits per heavy atom. The molecule has 2 aromatic carbocycles. The van der Waals surface area contributed by atoms with E-state index in [-0.39, 0.29) is 16.2 Å². The van der Waals surface area contributed by atoms with E-state index in [4.69, 9.17) is 0 Å². The third-order valence-electron chi connectivity index (χ3n) is 3.48. The first-order valence-corrected chi connectivity index (χ1v) is 9.21. The number of carbonyl (C=O) groups excluding carboxylic acids is 1. The Labute approximate surface area is 144 Å². The molecule has 1 N–H and O–H groups in total. The van der Waals surface area contributed by atoms with Gasteiger partial charge in [-0.3, -0.25) is 4.79 Å². The van der Waals surface area contributed by atoms with Crippen LogP contribution in [-0.2, 0) is 9.84 Å². The monoisotopic (exact) mass is 369 g/mol. The molecule has 0 radical (unpaired) electrons. The molecule has 0 saturated heterocycles. The van der Waals surface area contributed by atoms with Gasteiger partial charge in [0.05, 0.1) is 10.9 Å². The maximum absolute atomic E-state index is 12.3. The van der Waals surface area contributed by atoms with E-state index >= 15 is 0 Å². The SMILES string of the molecule is C[C@H](NC(=O)c1cccc(S(C)(=O)=O)c1)c1ccc(OC(F)F)cc1. The second-order valence-corrected chi connectivity index (χ2v) is 7.46. The van der Waals surface area contributed by atoms with Gasteiger partial charge >= 0.3 is 6.61 Å². The average molecular weight is 369 g/mol. The van der Waals surface area contributed by atoms with E-state index in [1.807, 2.05) is 0 Å². The summed E-state index contributed by atoms with van der Waals surface area (Å²) in [7, 11) is -3.41. The first-order valence-electron chi connectivity index (χ1n) is 7.32. The van der Waals surface area contributed by atoms with Gasteiger partial charge in [-0.2, -0.15) is 8.78 Å². The van der Waals surface area contributed by atoms with Crippen LogP contribution in [0.15, 0.2) is 53.4 Å². The van der Waals surface area contributed by atoms with E-state index in [1.165, 1.54) is 36.4 Å². The Morgan fingerprint density at radius 2 is 1.76 bits per heavy atom. The molecule has 2 rings (SSSR count). The van der Waals surface area contributed by atoms with Crippen molar-refractivity contribution in [2.75, 3.05) is 6.26 Å². The van der Waals surface area contributed by atoms with Crippen LogP contribution in [0.25, 0.3) is 0 Å². The Morgan fingerprint density at radius 1 is 1.12 bits per heavy atom. The van der Waals surface area contributed by atoms with Crippen LogP contribution in [0.3, 0.4) is 0 Å². The molecule has 8 heteroatoms. The summed E-state index contributed by atoms with van der Waals surface area (Å²) in [5, 5.41) is 2.73. The number of amides is 1. The molecule has 1 amide bonds. The van der Waals surface area contributed by atoms with Gasteiger partial charge in [-0.1, -0.05) is 18.2 Å². The molecule has 0 aliphatic rings. The van der Waals surface area contributed by atoms with Crippen molar-refractivity contribution in [1.29, 1.82) is 0 Å². The van der Waals surface area contributed by atoms with Crippen molar-refractivity contribution >= 4 is 15.7 Å². The molecule has 0 unspecified atom stereocenters. The van der Waals surface area contributed by atoms with E-state index in [1.54, 1.807) is 19.1 Å². The third kappa shape index (κ3) is 5.25. The van der Waals surface area contributed by atoms with Crippen LogP contribution in [0.4, 0.5) is 8.78 Å². The Bertz CT molecular complexity index is 851. The summed E-state index contributed by atoms with van der Waals surface area (Å²) < 4.78 is 51.7. The Kier molecular flexibility index (Phi) is 5.73. The first kappa shape index (κ1) is 18.9. The normalized spacial score (nSPS) is 12.7. The molecular formula is C17H17F2NO4S. The zero-order chi connectivity index (χ0) is 18.6. The highest BCUT2D eigenvalue weighted by Crippen LogP contribution is 2.20. The average Bonchev–Trinajstić information content (AvgIpc) is 2.54. The minimum Gasteiger partial charge on any atom is -0.435 e. The molecular weight excluding hydrogens is 352 g/mol. The number of hydrogen-bond donors (Lipinski definition) is 1. The molecule has 0 aromatic heterocycles. The first-order chi connectivity index (χ1) is 11.7. The zero-order valence-electron chi connectivity index (χ0n) is 13.6. The number of alkyl halides is 2. The largest absolute Gasteiger partial charge is 0.435 e. The maximum atomic E-state index is 12.3. The number of hydrogen-bond acceptors (Lipinski definition) is 4. The summed E-state index contributed by atoms with van der Waals surface area (Å²) >= 11 is 0. The van der Waals surface area contributed by atoms with Gasteiger partial charge in [0.25, 0.3) is 5.91 Å². The predicted octanol–water partition coefficient (Wildman–Crippen LogP) is 3.18. The van der Waals surface area contributed by atoms with Crippen LogP contribution < -0.4 is 10.1 Å². The second kappa shape index (κ2) is 7.60. The smallest absolute Gasteiger partial charge is 0.387 e. The van der Waals surface area contributed by atoms with Crippen LogP contribution in [0.2, 0.25) is 0 Å². The molecule has 1 atom stereocenters. The van der Waals surface area contributed by atoms with E-state index in [9.17, 15) is 22.0 Å². The van der Waals surface area contributed by atoms with E-state index in [0.29, 0.717) is 5.56 Å². The molecule has 0 aliphatic heterocycles. The van der Waals surface area contributed by atoms with Gasteiger partial charge in [0, 0.05) is 11.8 Å². The number of nitrogens with one attached hydrogen (secondary N) is 1. The molecule has 134 valence electrons. The van der Waals surface area contributed by atoms with Crippen molar-refractivity contribution in [1.82, 2.24) is 5.32 Å². The van der Waals surface area contributed by atoms with Gasteiger partial charge in [-0.15, -0.1) is 0 Å². The quantitative estimate of drug-likeness (QED) is 0.849. The Hall–Kier alpha value is -2.48. The van der Waals surface area contributed by atoms with Gasteiger partial charge in [0.1, 0.15) is 5.75 Å². The highest BCUT2D eigenvalue weighted by atomic mass is 32.2. The van der Waals surface area contributed by atoms with Crippen molar-refractivity contribution in [3.05, 3.63) is 59.7 Å². The number of halogens is 2. The van der Waals surface area contributed by atoms with E-state index in [2.05, 4.69) is 10.1 Å². The summed E-state index contributed by atoms with van der Waals surface area (Å²) in [5.74, 6) is -0.413. The number of benzene rings is 2. The fourth-order valence-electron chi connectivity index (χ4n) is 2.17. The molecule has 5 nitrogen and oxygen atoms in total. The van der Waals surface area contributed by atoms with Crippen LogP contribution in [0.1, 0.15) is 28.9 Å². The fraction of sp³-hybridized carbons (Fsp3) is 0.235. The number of sulfone groups is 1. The molecule has 2 aromatic rings. The lowest BCUT2D eigenvalue weighted by Gasteiger charge is -2.15. The summed E-state index contributed by atoms with van der Waals surface area (Å²) in [6.07, 6.45) is 1.07. The van der Waals surface area contributed by atoms with Crippen molar-refractivity contribution in [3.8, 4) is 5.75 Å². The minimum atomic E-state index is -3.41. The Balaban J connectivity index is 2.10. The molecule has 0 bridgehead atoms. The highest BCUT2D eigenvalue weighted by Gasteiger charge is 2.15. The molecule has 0 heterocycles. The van der Waals surface area contributed by atoms with Gasteiger partial charge in [0.2, 0.25) is 0 Å². The molecule has 25 heavy (non-hydrogen) atoms. The number of ether oxygens (including phenoxy) is 1. The lowest BCUT2D eigenvalue weighted by Crippen LogP contribution is -2.26. The number of carbonyl (C=O) groups is 1. The topological polar surface area (TPSA) is 72.5 Å². The van der Waals surface area contributed by atoms with Gasteiger partial charge in [-0.05, 0) is 42.8 Å². The predicted molar refractivity (Wildman–Crippen MR) is 88.5 cm³/mol. The van der Waals surface area contributed by atoms with E-state index in [0.717, 1.165) is 6.26 Å². The van der Waals surface area contributed by atoms with Gasteiger partial charge < -0.3 is 10.1 Å². The van der Waals surface area contributed by atoms with Crippen molar-refractivity contribution < 1.29 is 26.7 Å². The lowest BCUT2D eigenvalue weighted by atomic mass is 10.1. The van der Waals surface area contributed by atoms with Gasteiger partial charge in [0.15, 0.2) is 9.84 Å². The van der Waals surface area contributed by atoms with Crippen LogP contribution in [-0.4, -0.2) is 27.2 Å². The summed E-state index contributed by atoms with van der Waals surface area (Å²) in [4.78, 5) is 12.3. The van der Waals surface area contributed by atoms with Crippen LogP contribution in [0, 0.1) is 0 Å². The molecule has 0 saturated carbocycles. The molecule has 0 aliphatic carbocycles. The van der Waals surface area contributed by atoms with E-state index < -0.39 is 28.4 Å². The van der Waals surface area contributed by atoms with Crippen LogP contribution >= 0.6 is 0 Å². The second-order valence-electron chi connectivity index (χ2n) is 5.44. The summed E-state index contributed by atoms with van der Waals surface area (Å²) in [5.41, 5.74) is 0.904. The van der Waals surface area contributed by atoms with Crippen molar-refractivity contribution in [2.24, 2.45) is 0 Å². The van der Waals surface area contributed by atoms with Gasteiger partial charge in [-0.25, -0.2) is 8.42 Å². The molecule has 0 fully saturated rings. The zero-order valence-corrected chi connectivity index (χ0v) is 14.4. The van der Waals surface area contributed by atoms with Crippen LogP contribution in [0.5, 0.6) is 5.75 Å². The molecule has 0 spiro atoms. The van der Waals surface area contributed by atoms with Crippen molar-refractivity contribution in [3.63, 3.8) is 0 Å². The van der Waals surface area contributed by atoms with Crippen molar-refractivity contribution in [2.45, 2.75) is 24.5 Å². The summed E-state index contributed by atoms with van der Waals surface area (Å²) in [6, 6.07) is 11.2. The standard InChI is InChI=1S/C17H17F2NO4S/c1-11(12-6-8-14(9-7-12)24-17(18)19)20-16(21)13-4-3-5-15(10-13)25(2,22)23/h3-11,17H,1-2H3,(H,20,21)/t11-/m0/s1. The lowest BCUT2D eigenvalue weighted by molar-refractivity contribution is -0.0498.